The molecule has 0 aliphatic heterocycles. The molecule has 0 radical (unpaired) electrons. The van der Waals surface area contributed by atoms with E-state index >= 15 is 0 Å². The van der Waals surface area contributed by atoms with Gasteiger partial charge in [0.05, 0.1) is 19.0 Å². The molecule has 0 spiro atoms. The highest BCUT2D eigenvalue weighted by molar-refractivity contribution is 7.10. The molecule has 0 saturated heterocycles. The van der Waals surface area contributed by atoms with Crippen LogP contribution < -0.4 is 16.4 Å². The molecule has 0 aliphatic rings. The lowest BCUT2D eigenvalue weighted by molar-refractivity contribution is -0.135. The highest BCUT2D eigenvalue weighted by atomic mass is 32.1. The zero-order valence-electron chi connectivity index (χ0n) is 13.9. The van der Waals surface area contributed by atoms with Gasteiger partial charge < -0.3 is 21.3 Å². The van der Waals surface area contributed by atoms with E-state index in [-0.39, 0.29) is 30.3 Å². The topological polar surface area (TPSA) is 105 Å². The monoisotopic (exact) mass is 340 g/mol. The molecule has 0 bridgehead atoms. The van der Waals surface area contributed by atoms with Gasteiger partial charge in [0.15, 0.2) is 0 Å². The minimum absolute atomic E-state index is 0.0379. The van der Waals surface area contributed by atoms with Gasteiger partial charge in [-0.1, -0.05) is 6.07 Å². The number of nitrogens with zero attached hydrogens (tertiary/aromatic N) is 1. The van der Waals surface area contributed by atoms with Gasteiger partial charge in [0, 0.05) is 17.5 Å². The Morgan fingerprint density at radius 2 is 2.00 bits per heavy atom. The maximum atomic E-state index is 12.3. The van der Waals surface area contributed by atoms with E-state index in [1.807, 2.05) is 38.3 Å². The standard InChI is InChI=1S/C15H24N4O3S/c1-15(2,3)18-12(20)9-19(4)13(21)8-10(17-14(16)22)11-6-5-7-23-11/h5-7,10H,8-9H2,1-4H3,(H,18,20)(H3,16,17,22). The molecule has 7 nitrogen and oxygen atoms in total. The fourth-order valence-electron chi connectivity index (χ4n) is 1.98. The molecule has 1 rings (SSSR count). The molecule has 0 aliphatic carbocycles. The normalized spacial score (nSPS) is 12.3. The highest BCUT2D eigenvalue weighted by Gasteiger charge is 2.22. The zero-order valence-corrected chi connectivity index (χ0v) is 14.7. The van der Waals surface area contributed by atoms with Gasteiger partial charge in [-0.2, -0.15) is 0 Å². The van der Waals surface area contributed by atoms with Crippen LogP contribution in [0.3, 0.4) is 0 Å². The van der Waals surface area contributed by atoms with Gasteiger partial charge >= 0.3 is 6.03 Å². The number of carbonyl (C=O) groups is 3. The predicted molar refractivity (Wildman–Crippen MR) is 89.9 cm³/mol. The number of rotatable bonds is 6. The zero-order chi connectivity index (χ0) is 17.6. The number of hydrogen-bond acceptors (Lipinski definition) is 4. The van der Waals surface area contributed by atoms with Crippen LogP contribution in [0, 0.1) is 0 Å². The number of carbonyl (C=O) groups excluding carboxylic acids is 3. The van der Waals surface area contributed by atoms with Crippen molar-refractivity contribution in [2.24, 2.45) is 5.73 Å². The summed E-state index contributed by atoms with van der Waals surface area (Å²) in [6.07, 6.45) is 0.0444. The first kappa shape index (κ1) is 19.0. The molecule has 0 fully saturated rings. The lowest BCUT2D eigenvalue weighted by Crippen LogP contribution is -2.46. The molecule has 1 aromatic heterocycles. The smallest absolute Gasteiger partial charge is 0.312 e. The van der Waals surface area contributed by atoms with E-state index in [0.29, 0.717) is 0 Å². The average molecular weight is 340 g/mol. The van der Waals surface area contributed by atoms with Gasteiger partial charge in [-0.05, 0) is 32.2 Å². The SMILES string of the molecule is CN(CC(=O)NC(C)(C)C)C(=O)CC(NC(N)=O)c1cccs1. The number of primary amides is 1. The average Bonchev–Trinajstić information content (AvgIpc) is 2.88. The summed E-state index contributed by atoms with van der Waals surface area (Å²) in [6.45, 7) is 5.58. The van der Waals surface area contributed by atoms with E-state index in [1.54, 1.807) is 7.05 Å². The van der Waals surface area contributed by atoms with E-state index in [1.165, 1.54) is 16.2 Å². The third-order valence-electron chi connectivity index (χ3n) is 2.90. The highest BCUT2D eigenvalue weighted by Crippen LogP contribution is 2.22. The molecule has 8 heteroatoms. The number of urea groups is 1. The number of nitrogens with two attached hydrogens (primary N) is 1. The van der Waals surface area contributed by atoms with Gasteiger partial charge in [-0.3, -0.25) is 9.59 Å². The molecule has 1 atom stereocenters. The lowest BCUT2D eigenvalue weighted by Gasteiger charge is -2.24. The Labute approximate surface area is 140 Å². The summed E-state index contributed by atoms with van der Waals surface area (Å²) in [5, 5.41) is 7.22. The van der Waals surface area contributed by atoms with Crippen molar-refractivity contribution in [3.05, 3.63) is 22.4 Å². The summed E-state index contributed by atoms with van der Waals surface area (Å²) < 4.78 is 0. The van der Waals surface area contributed by atoms with Crippen molar-refractivity contribution in [3.8, 4) is 0 Å². The van der Waals surface area contributed by atoms with Crippen LogP contribution in [-0.2, 0) is 9.59 Å². The third kappa shape index (κ3) is 7.14. The first-order chi connectivity index (χ1) is 10.6. The Morgan fingerprint density at radius 3 is 2.48 bits per heavy atom. The minimum Gasteiger partial charge on any atom is -0.352 e. The van der Waals surface area contributed by atoms with Crippen LogP contribution in [-0.4, -0.2) is 41.9 Å². The molecule has 128 valence electrons. The third-order valence-corrected chi connectivity index (χ3v) is 3.89. The summed E-state index contributed by atoms with van der Waals surface area (Å²) in [7, 11) is 1.56. The first-order valence-corrected chi connectivity index (χ1v) is 8.11. The summed E-state index contributed by atoms with van der Waals surface area (Å²) in [4.78, 5) is 37.5. The van der Waals surface area contributed by atoms with Crippen LogP contribution in [0.4, 0.5) is 4.79 Å². The molecule has 4 amide bonds. The van der Waals surface area contributed by atoms with Crippen molar-refractivity contribution >= 4 is 29.2 Å². The Kier molecular flexibility index (Phi) is 6.56. The Morgan fingerprint density at radius 1 is 1.35 bits per heavy atom. The Balaban J connectivity index is 2.64. The molecule has 0 aromatic carbocycles. The number of nitrogens with one attached hydrogen (secondary N) is 2. The van der Waals surface area contributed by atoms with E-state index in [2.05, 4.69) is 10.6 Å². The number of likely N-dealkylation sites (N-methyl/N-ethyl adjacent to an activating group) is 1. The molecule has 1 heterocycles. The van der Waals surface area contributed by atoms with Crippen LogP contribution in [0.2, 0.25) is 0 Å². The first-order valence-electron chi connectivity index (χ1n) is 7.23. The Hall–Kier alpha value is -2.09. The second kappa shape index (κ2) is 7.96. The molecule has 1 aromatic rings. The van der Waals surface area contributed by atoms with Crippen LogP contribution in [0.15, 0.2) is 17.5 Å². The molecular weight excluding hydrogens is 316 g/mol. The second-order valence-corrected chi connectivity index (χ2v) is 7.31. The van der Waals surface area contributed by atoms with Crippen LogP contribution in [0.1, 0.15) is 38.1 Å². The van der Waals surface area contributed by atoms with Crippen LogP contribution >= 0.6 is 11.3 Å². The quantitative estimate of drug-likeness (QED) is 0.725. The van der Waals surface area contributed by atoms with Crippen molar-refractivity contribution in [2.75, 3.05) is 13.6 Å². The predicted octanol–water partition coefficient (Wildman–Crippen LogP) is 1.22. The van der Waals surface area contributed by atoms with Crippen LogP contribution in [0.5, 0.6) is 0 Å². The largest absolute Gasteiger partial charge is 0.352 e. The number of thiophene rings is 1. The maximum absolute atomic E-state index is 12.3. The van der Waals surface area contributed by atoms with Crippen molar-refractivity contribution < 1.29 is 14.4 Å². The van der Waals surface area contributed by atoms with E-state index < -0.39 is 12.1 Å². The second-order valence-electron chi connectivity index (χ2n) is 6.33. The molecule has 1 unspecified atom stereocenters. The fourth-order valence-corrected chi connectivity index (χ4v) is 2.75. The van der Waals surface area contributed by atoms with Gasteiger partial charge in [0.25, 0.3) is 0 Å². The molecule has 4 N–H and O–H groups in total. The molecule has 0 saturated carbocycles. The summed E-state index contributed by atoms with van der Waals surface area (Å²) in [5.74, 6) is -0.481. The number of amides is 4. The van der Waals surface area contributed by atoms with E-state index in [4.69, 9.17) is 5.73 Å². The maximum Gasteiger partial charge on any atom is 0.312 e. The Bertz CT molecular complexity index is 552. The van der Waals surface area contributed by atoms with Gasteiger partial charge in [-0.15, -0.1) is 11.3 Å². The van der Waals surface area contributed by atoms with Crippen LogP contribution in [0.25, 0.3) is 0 Å². The van der Waals surface area contributed by atoms with Gasteiger partial charge in [0.2, 0.25) is 11.8 Å². The van der Waals surface area contributed by atoms with Crippen molar-refractivity contribution in [2.45, 2.75) is 38.8 Å². The molecule has 23 heavy (non-hydrogen) atoms. The van der Waals surface area contributed by atoms with Gasteiger partial charge in [0.1, 0.15) is 0 Å². The summed E-state index contributed by atoms with van der Waals surface area (Å²) >= 11 is 1.43. The molecular formula is C15H24N4O3S. The van der Waals surface area contributed by atoms with E-state index in [0.717, 1.165) is 4.88 Å². The van der Waals surface area contributed by atoms with E-state index in [9.17, 15) is 14.4 Å². The van der Waals surface area contributed by atoms with Crippen molar-refractivity contribution in [3.63, 3.8) is 0 Å². The van der Waals surface area contributed by atoms with Gasteiger partial charge in [-0.25, -0.2) is 4.79 Å². The summed E-state index contributed by atoms with van der Waals surface area (Å²) in [6, 6.07) is 2.48. The van der Waals surface area contributed by atoms with Crippen molar-refractivity contribution in [1.29, 1.82) is 0 Å². The summed E-state index contributed by atoms with van der Waals surface area (Å²) in [5.41, 5.74) is 4.81. The number of hydrogen-bond donors (Lipinski definition) is 3. The minimum atomic E-state index is -0.690. The lowest BCUT2D eigenvalue weighted by atomic mass is 10.1. The van der Waals surface area contributed by atoms with Crippen molar-refractivity contribution in [1.82, 2.24) is 15.5 Å². The fraction of sp³-hybridized carbons (Fsp3) is 0.533.